The largest absolute Gasteiger partial charge is 0.493 e. The van der Waals surface area contributed by atoms with Crippen molar-refractivity contribution >= 4 is 28.9 Å². The second-order valence-corrected chi connectivity index (χ2v) is 6.84. The first-order chi connectivity index (χ1) is 12.9. The van der Waals surface area contributed by atoms with Gasteiger partial charge in [0.2, 0.25) is 5.75 Å². The average Bonchev–Trinajstić information content (AvgIpc) is 3.06. The monoisotopic (exact) mass is 393 g/mol. The molecule has 0 fully saturated rings. The topological polar surface area (TPSA) is 83.1 Å². The fourth-order valence-corrected chi connectivity index (χ4v) is 3.53. The van der Waals surface area contributed by atoms with E-state index in [0.29, 0.717) is 27.8 Å². The molecule has 0 aliphatic heterocycles. The number of ether oxygens (including phenoxy) is 4. The summed E-state index contributed by atoms with van der Waals surface area (Å²) in [5.41, 5.74) is 1.54. The molecule has 0 saturated heterocycles. The summed E-state index contributed by atoms with van der Waals surface area (Å²) in [6.07, 6.45) is 0.844. The maximum absolute atomic E-state index is 12.1. The first kappa shape index (κ1) is 20.6. The van der Waals surface area contributed by atoms with Crippen LogP contribution >= 0.6 is 11.3 Å². The zero-order valence-electron chi connectivity index (χ0n) is 16.0. The van der Waals surface area contributed by atoms with E-state index in [-0.39, 0.29) is 0 Å². The second kappa shape index (κ2) is 9.27. The van der Waals surface area contributed by atoms with Crippen molar-refractivity contribution in [2.24, 2.45) is 0 Å². The number of amides is 1. The van der Waals surface area contributed by atoms with E-state index >= 15 is 0 Å². The lowest BCUT2D eigenvalue weighted by molar-refractivity contribution is -0.119. The summed E-state index contributed by atoms with van der Waals surface area (Å²) in [4.78, 5) is 25.8. The Morgan fingerprint density at radius 1 is 1.04 bits per heavy atom. The standard InChI is InChI=1S/C19H23NO6S/c1-6-12-7-16(27-11(12)2)19(22)26-10-17(21)20-13-8-14(23-3)18(25-5)15(9-13)24-4/h7-9H,6,10H2,1-5H3,(H,20,21). The van der Waals surface area contributed by atoms with Gasteiger partial charge in [-0.05, 0) is 25.0 Å². The van der Waals surface area contributed by atoms with E-state index in [0.717, 1.165) is 16.9 Å². The van der Waals surface area contributed by atoms with Crippen LogP contribution in [0, 0.1) is 6.92 Å². The number of benzene rings is 1. The zero-order chi connectivity index (χ0) is 20.0. The SMILES string of the molecule is CCc1cc(C(=O)OCC(=O)Nc2cc(OC)c(OC)c(OC)c2)sc1C. The third-order valence-electron chi connectivity index (χ3n) is 3.89. The van der Waals surface area contributed by atoms with Gasteiger partial charge >= 0.3 is 5.97 Å². The van der Waals surface area contributed by atoms with E-state index in [4.69, 9.17) is 18.9 Å². The van der Waals surface area contributed by atoms with Gasteiger partial charge in [-0.25, -0.2) is 4.79 Å². The van der Waals surface area contributed by atoms with Gasteiger partial charge in [-0.1, -0.05) is 6.92 Å². The maximum Gasteiger partial charge on any atom is 0.348 e. The van der Waals surface area contributed by atoms with Crippen molar-refractivity contribution in [3.63, 3.8) is 0 Å². The van der Waals surface area contributed by atoms with Crippen molar-refractivity contribution in [2.75, 3.05) is 33.3 Å². The Morgan fingerprint density at radius 3 is 2.15 bits per heavy atom. The lowest BCUT2D eigenvalue weighted by Crippen LogP contribution is -2.20. The molecule has 2 rings (SSSR count). The fraction of sp³-hybridized carbons (Fsp3) is 0.368. The predicted molar refractivity (Wildman–Crippen MR) is 103 cm³/mol. The van der Waals surface area contributed by atoms with Crippen molar-refractivity contribution < 1.29 is 28.5 Å². The van der Waals surface area contributed by atoms with Crippen LogP contribution in [0.1, 0.15) is 27.0 Å². The molecule has 0 unspecified atom stereocenters. The van der Waals surface area contributed by atoms with Gasteiger partial charge < -0.3 is 24.3 Å². The van der Waals surface area contributed by atoms with Crippen LogP contribution in [-0.2, 0) is 16.0 Å². The van der Waals surface area contributed by atoms with Gasteiger partial charge in [0.25, 0.3) is 5.91 Å². The highest BCUT2D eigenvalue weighted by Gasteiger charge is 2.17. The van der Waals surface area contributed by atoms with Gasteiger partial charge in [0.1, 0.15) is 4.88 Å². The number of aryl methyl sites for hydroxylation is 2. The number of anilines is 1. The molecule has 0 bridgehead atoms. The van der Waals surface area contributed by atoms with Crippen LogP contribution in [0.15, 0.2) is 18.2 Å². The predicted octanol–water partition coefficient (Wildman–Crippen LogP) is 3.44. The van der Waals surface area contributed by atoms with E-state index in [9.17, 15) is 9.59 Å². The summed E-state index contributed by atoms with van der Waals surface area (Å²) in [6.45, 7) is 3.58. The van der Waals surface area contributed by atoms with Crippen molar-refractivity contribution in [3.8, 4) is 17.2 Å². The molecule has 0 aliphatic rings. The van der Waals surface area contributed by atoms with Crippen LogP contribution in [0.5, 0.6) is 17.2 Å². The molecular weight excluding hydrogens is 370 g/mol. The Hall–Kier alpha value is -2.74. The van der Waals surface area contributed by atoms with E-state index in [2.05, 4.69) is 5.32 Å². The van der Waals surface area contributed by atoms with Crippen LogP contribution < -0.4 is 19.5 Å². The number of hydrogen-bond acceptors (Lipinski definition) is 7. The molecular formula is C19H23NO6S. The first-order valence-corrected chi connectivity index (χ1v) is 9.11. The minimum Gasteiger partial charge on any atom is -0.493 e. The summed E-state index contributed by atoms with van der Waals surface area (Å²) in [7, 11) is 4.46. The molecule has 0 atom stereocenters. The van der Waals surface area contributed by atoms with Crippen LogP contribution in [0.4, 0.5) is 5.69 Å². The Labute approximate surface area is 162 Å². The number of carbonyl (C=O) groups excluding carboxylic acids is 2. The molecule has 2 aromatic rings. The molecule has 0 aliphatic carbocycles. The number of rotatable bonds is 8. The number of hydrogen-bond donors (Lipinski definition) is 1. The lowest BCUT2D eigenvalue weighted by Gasteiger charge is -2.14. The van der Waals surface area contributed by atoms with Crippen molar-refractivity contribution in [3.05, 3.63) is 33.5 Å². The number of esters is 1. The van der Waals surface area contributed by atoms with E-state index in [1.807, 2.05) is 13.8 Å². The molecule has 27 heavy (non-hydrogen) atoms. The number of carbonyl (C=O) groups is 2. The van der Waals surface area contributed by atoms with Crippen LogP contribution in [0.3, 0.4) is 0 Å². The van der Waals surface area contributed by atoms with Crippen LogP contribution in [0.25, 0.3) is 0 Å². The highest BCUT2D eigenvalue weighted by Crippen LogP contribution is 2.39. The minimum atomic E-state index is -0.511. The third kappa shape index (κ3) is 4.91. The molecule has 1 amide bonds. The molecule has 1 aromatic heterocycles. The van der Waals surface area contributed by atoms with E-state index in [1.165, 1.54) is 32.7 Å². The first-order valence-electron chi connectivity index (χ1n) is 8.29. The Morgan fingerprint density at radius 2 is 1.67 bits per heavy atom. The van der Waals surface area contributed by atoms with Gasteiger partial charge in [0, 0.05) is 22.7 Å². The number of thiophene rings is 1. The molecule has 0 saturated carbocycles. The van der Waals surface area contributed by atoms with E-state index < -0.39 is 18.5 Å². The van der Waals surface area contributed by atoms with Gasteiger partial charge in [0.15, 0.2) is 18.1 Å². The maximum atomic E-state index is 12.1. The lowest BCUT2D eigenvalue weighted by atomic mass is 10.2. The number of nitrogens with one attached hydrogen (secondary N) is 1. The Balaban J connectivity index is 2.02. The quantitative estimate of drug-likeness (QED) is 0.692. The highest BCUT2D eigenvalue weighted by atomic mass is 32.1. The normalized spacial score (nSPS) is 10.3. The van der Waals surface area contributed by atoms with Gasteiger partial charge in [-0.15, -0.1) is 11.3 Å². The summed E-state index contributed by atoms with van der Waals surface area (Å²) >= 11 is 1.36. The van der Waals surface area contributed by atoms with Crippen LogP contribution in [-0.4, -0.2) is 39.8 Å². The fourth-order valence-electron chi connectivity index (χ4n) is 2.52. The third-order valence-corrected chi connectivity index (χ3v) is 4.96. The van der Waals surface area contributed by atoms with Gasteiger partial charge in [0.05, 0.1) is 21.3 Å². The number of methoxy groups -OCH3 is 3. The smallest absolute Gasteiger partial charge is 0.348 e. The van der Waals surface area contributed by atoms with Crippen molar-refractivity contribution in [1.82, 2.24) is 0 Å². The molecule has 7 nitrogen and oxygen atoms in total. The summed E-state index contributed by atoms with van der Waals surface area (Å²) in [6, 6.07) is 4.99. The second-order valence-electron chi connectivity index (χ2n) is 5.58. The Kier molecular flexibility index (Phi) is 7.06. The molecule has 1 heterocycles. The summed E-state index contributed by atoms with van der Waals surface area (Å²) in [5, 5.41) is 2.65. The molecule has 0 radical (unpaired) electrons. The molecule has 0 spiro atoms. The van der Waals surface area contributed by atoms with Gasteiger partial charge in [-0.3, -0.25) is 4.79 Å². The molecule has 8 heteroatoms. The zero-order valence-corrected chi connectivity index (χ0v) is 16.8. The molecule has 1 N–H and O–H groups in total. The summed E-state index contributed by atoms with van der Waals surface area (Å²) < 4.78 is 20.8. The summed E-state index contributed by atoms with van der Waals surface area (Å²) in [5.74, 6) is 0.254. The van der Waals surface area contributed by atoms with E-state index in [1.54, 1.807) is 18.2 Å². The molecule has 1 aromatic carbocycles. The van der Waals surface area contributed by atoms with Crippen LogP contribution in [0.2, 0.25) is 0 Å². The van der Waals surface area contributed by atoms with Crippen molar-refractivity contribution in [1.29, 1.82) is 0 Å². The van der Waals surface area contributed by atoms with Crippen molar-refractivity contribution in [2.45, 2.75) is 20.3 Å². The Bertz CT molecular complexity index is 805. The minimum absolute atomic E-state index is 0.395. The average molecular weight is 393 g/mol. The highest BCUT2D eigenvalue weighted by molar-refractivity contribution is 7.14. The van der Waals surface area contributed by atoms with Gasteiger partial charge in [-0.2, -0.15) is 0 Å². The molecule has 146 valence electrons.